The maximum absolute atomic E-state index is 12.7. The predicted octanol–water partition coefficient (Wildman–Crippen LogP) is 3.63. The molecule has 2 N–H and O–H groups in total. The highest BCUT2D eigenvalue weighted by Crippen LogP contribution is 2.44. The van der Waals surface area contributed by atoms with Crippen LogP contribution in [-0.2, 0) is 14.3 Å². The van der Waals surface area contributed by atoms with Crippen LogP contribution < -0.4 is 5.32 Å². The maximum Gasteiger partial charge on any atom is 0.407 e. The van der Waals surface area contributed by atoms with E-state index in [1.165, 1.54) is 11.8 Å². The monoisotopic (exact) mass is 424 g/mol. The Labute approximate surface area is 182 Å². The van der Waals surface area contributed by atoms with Crippen LogP contribution in [0, 0.1) is 0 Å². The number of rotatable bonds is 8. The van der Waals surface area contributed by atoms with Crippen molar-refractivity contribution in [2.24, 2.45) is 0 Å². The second-order valence-electron chi connectivity index (χ2n) is 7.81. The first-order chi connectivity index (χ1) is 14.8. The fraction of sp³-hybridized carbons (Fsp3) is 0.375. The molecule has 2 amide bonds. The van der Waals surface area contributed by atoms with Gasteiger partial charge in [-0.1, -0.05) is 55.5 Å². The van der Waals surface area contributed by atoms with E-state index in [2.05, 4.69) is 17.4 Å². The third-order valence-electron chi connectivity index (χ3n) is 5.76. The van der Waals surface area contributed by atoms with Crippen molar-refractivity contribution in [3.63, 3.8) is 0 Å². The molecule has 164 valence electrons. The second kappa shape index (κ2) is 9.64. The third kappa shape index (κ3) is 4.87. The van der Waals surface area contributed by atoms with Crippen LogP contribution in [0.4, 0.5) is 4.79 Å². The van der Waals surface area contributed by atoms with Crippen molar-refractivity contribution < 1.29 is 24.2 Å². The van der Waals surface area contributed by atoms with E-state index in [4.69, 9.17) is 9.84 Å². The Balaban J connectivity index is 1.64. The number of amides is 2. The van der Waals surface area contributed by atoms with Gasteiger partial charge in [-0.25, -0.2) is 4.79 Å². The predicted molar refractivity (Wildman–Crippen MR) is 117 cm³/mol. The quantitative estimate of drug-likeness (QED) is 0.675. The van der Waals surface area contributed by atoms with Gasteiger partial charge in [0.25, 0.3) is 0 Å². The normalized spacial score (nSPS) is 14.2. The van der Waals surface area contributed by atoms with Gasteiger partial charge >= 0.3 is 12.1 Å². The summed E-state index contributed by atoms with van der Waals surface area (Å²) in [7, 11) is 0. The number of aliphatic carboxylic acids is 1. The molecule has 2 unspecified atom stereocenters. The Bertz CT molecular complexity index is 928. The lowest BCUT2D eigenvalue weighted by Crippen LogP contribution is -2.51. The van der Waals surface area contributed by atoms with Crippen LogP contribution >= 0.6 is 0 Å². The Kier molecular flexibility index (Phi) is 6.95. The minimum Gasteiger partial charge on any atom is -0.480 e. The molecule has 1 aliphatic carbocycles. The number of carboxylic acid groups (broad SMARTS) is 1. The largest absolute Gasteiger partial charge is 0.480 e. The molecule has 31 heavy (non-hydrogen) atoms. The minimum atomic E-state index is -1.10. The summed E-state index contributed by atoms with van der Waals surface area (Å²) < 4.78 is 5.47. The molecule has 2 atom stereocenters. The minimum absolute atomic E-state index is 0.0761. The third-order valence-corrected chi connectivity index (χ3v) is 5.76. The Morgan fingerprint density at radius 2 is 1.58 bits per heavy atom. The van der Waals surface area contributed by atoms with Gasteiger partial charge in [0.2, 0.25) is 5.91 Å². The SMILES string of the molecule is CCC(C)N(CC(=O)O)C(=O)C(C)NC(=O)OCC1c2ccccc2-c2ccccc21. The number of fused-ring (bicyclic) bond motifs is 3. The standard InChI is InChI=1S/C24H28N2O5/c1-4-15(2)26(13-22(27)28)23(29)16(3)25-24(30)31-14-21-19-11-7-5-9-17(19)18-10-6-8-12-20(18)21/h5-12,15-16,21H,4,13-14H2,1-3H3,(H,25,30)(H,27,28). The number of alkyl carbamates (subject to hydrolysis) is 1. The van der Waals surface area contributed by atoms with Crippen molar-refractivity contribution in [2.45, 2.75) is 45.2 Å². The number of hydrogen-bond donors (Lipinski definition) is 2. The highest BCUT2D eigenvalue weighted by Gasteiger charge is 2.30. The van der Waals surface area contributed by atoms with Gasteiger partial charge in [-0.15, -0.1) is 0 Å². The van der Waals surface area contributed by atoms with Crippen molar-refractivity contribution in [2.75, 3.05) is 13.2 Å². The summed E-state index contributed by atoms with van der Waals surface area (Å²) >= 11 is 0. The molecule has 0 radical (unpaired) electrons. The fourth-order valence-corrected chi connectivity index (χ4v) is 3.94. The van der Waals surface area contributed by atoms with Gasteiger partial charge in [0, 0.05) is 12.0 Å². The molecule has 0 saturated heterocycles. The van der Waals surface area contributed by atoms with Gasteiger partial charge < -0.3 is 20.1 Å². The van der Waals surface area contributed by atoms with E-state index in [1.54, 1.807) is 6.92 Å². The number of ether oxygens (including phenoxy) is 1. The van der Waals surface area contributed by atoms with E-state index in [-0.39, 0.29) is 18.6 Å². The number of nitrogens with one attached hydrogen (secondary N) is 1. The topological polar surface area (TPSA) is 95.9 Å². The fourth-order valence-electron chi connectivity index (χ4n) is 3.94. The Morgan fingerprint density at radius 3 is 2.10 bits per heavy atom. The summed E-state index contributed by atoms with van der Waals surface area (Å²) in [5.74, 6) is -1.62. The zero-order chi connectivity index (χ0) is 22.5. The van der Waals surface area contributed by atoms with Crippen LogP contribution in [0.3, 0.4) is 0 Å². The molecule has 0 heterocycles. The van der Waals surface area contributed by atoms with Crippen molar-refractivity contribution in [3.05, 3.63) is 59.7 Å². The first-order valence-corrected chi connectivity index (χ1v) is 10.5. The van der Waals surface area contributed by atoms with E-state index < -0.39 is 30.6 Å². The highest BCUT2D eigenvalue weighted by atomic mass is 16.5. The smallest absolute Gasteiger partial charge is 0.407 e. The molecule has 2 aromatic carbocycles. The van der Waals surface area contributed by atoms with E-state index in [0.29, 0.717) is 6.42 Å². The molecular formula is C24H28N2O5. The van der Waals surface area contributed by atoms with Crippen LogP contribution in [-0.4, -0.2) is 53.2 Å². The molecule has 1 aliphatic rings. The molecule has 0 fully saturated rings. The van der Waals surface area contributed by atoms with E-state index >= 15 is 0 Å². The second-order valence-corrected chi connectivity index (χ2v) is 7.81. The summed E-state index contributed by atoms with van der Waals surface area (Å²) in [5.41, 5.74) is 4.47. The van der Waals surface area contributed by atoms with E-state index in [1.807, 2.05) is 43.3 Å². The molecule has 2 aromatic rings. The average Bonchev–Trinajstić information content (AvgIpc) is 3.08. The lowest BCUT2D eigenvalue weighted by molar-refractivity contribution is -0.146. The Morgan fingerprint density at radius 1 is 1.03 bits per heavy atom. The van der Waals surface area contributed by atoms with E-state index in [0.717, 1.165) is 22.3 Å². The van der Waals surface area contributed by atoms with Gasteiger partial charge in [-0.05, 0) is 42.5 Å². The zero-order valence-corrected chi connectivity index (χ0v) is 18.0. The number of nitrogens with zero attached hydrogens (tertiary/aromatic N) is 1. The number of carbonyl (C=O) groups is 3. The molecule has 0 bridgehead atoms. The molecule has 7 heteroatoms. The lowest BCUT2D eigenvalue weighted by Gasteiger charge is -2.29. The summed E-state index contributed by atoms with van der Waals surface area (Å²) in [6.07, 6.45) is -0.0985. The maximum atomic E-state index is 12.7. The number of benzene rings is 2. The van der Waals surface area contributed by atoms with Gasteiger partial charge in [0.15, 0.2) is 0 Å². The number of hydrogen-bond acceptors (Lipinski definition) is 4. The lowest BCUT2D eigenvalue weighted by atomic mass is 9.98. The molecule has 3 rings (SSSR count). The molecular weight excluding hydrogens is 396 g/mol. The van der Waals surface area contributed by atoms with Crippen molar-refractivity contribution in [3.8, 4) is 11.1 Å². The first-order valence-electron chi connectivity index (χ1n) is 10.5. The Hall–Kier alpha value is -3.35. The van der Waals surface area contributed by atoms with Gasteiger partial charge in [0.05, 0.1) is 0 Å². The summed E-state index contributed by atoms with van der Waals surface area (Å²) in [5, 5.41) is 11.6. The average molecular weight is 424 g/mol. The van der Waals surface area contributed by atoms with Crippen LogP contribution in [0.2, 0.25) is 0 Å². The molecule has 0 aliphatic heterocycles. The summed E-state index contributed by atoms with van der Waals surface area (Å²) in [6, 6.07) is 14.9. The van der Waals surface area contributed by atoms with Gasteiger partial charge in [-0.2, -0.15) is 0 Å². The van der Waals surface area contributed by atoms with Crippen LogP contribution in [0.15, 0.2) is 48.5 Å². The van der Waals surface area contributed by atoms with E-state index in [9.17, 15) is 14.4 Å². The van der Waals surface area contributed by atoms with Gasteiger partial charge in [-0.3, -0.25) is 9.59 Å². The summed E-state index contributed by atoms with van der Waals surface area (Å²) in [4.78, 5) is 37.5. The van der Waals surface area contributed by atoms with Crippen molar-refractivity contribution in [1.82, 2.24) is 10.2 Å². The number of carboxylic acids is 1. The zero-order valence-electron chi connectivity index (χ0n) is 18.0. The summed E-state index contributed by atoms with van der Waals surface area (Å²) in [6.45, 7) is 4.91. The molecule has 0 saturated carbocycles. The van der Waals surface area contributed by atoms with Gasteiger partial charge in [0.1, 0.15) is 19.2 Å². The molecule has 0 aromatic heterocycles. The van der Waals surface area contributed by atoms with Crippen molar-refractivity contribution in [1.29, 1.82) is 0 Å². The number of carbonyl (C=O) groups excluding carboxylic acids is 2. The van der Waals surface area contributed by atoms with Crippen molar-refractivity contribution >= 4 is 18.0 Å². The molecule has 0 spiro atoms. The molecule has 7 nitrogen and oxygen atoms in total. The first kappa shape index (κ1) is 22.3. The van der Waals surface area contributed by atoms with Crippen LogP contribution in [0.25, 0.3) is 11.1 Å². The highest BCUT2D eigenvalue weighted by molar-refractivity contribution is 5.88. The van der Waals surface area contributed by atoms with Crippen LogP contribution in [0.5, 0.6) is 0 Å². The van der Waals surface area contributed by atoms with Crippen LogP contribution in [0.1, 0.15) is 44.2 Å².